The third kappa shape index (κ3) is 4.84. The van der Waals surface area contributed by atoms with Crippen LogP contribution in [-0.2, 0) is 12.8 Å². The fraction of sp³-hybridized carbons (Fsp3) is 0.194. The highest BCUT2D eigenvalue weighted by atomic mass is 16.5. The van der Waals surface area contributed by atoms with Crippen LogP contribution in [0.2, 0.25) is 0 Å². The number of aromatic nitrogens is 6. The monoisotopic (exact) mass is 548 g/mol. The van der Waals surface area contributed by atoms with Gasteiger partial charge in [-0.15, -0.1) is 0 Å². The molecule has 6 aromatic rings. The average Bonchev–Trinajstić information content (AvgIpc) is 3.60. The van der Waals surface area contributed by atoms with E-state index in [1.807, 2.05) is 79.7 Å². The van der Waals surface area contributed by atoms with Crippen LogP contribution in [0.1, 0.15) is 36.0 Å². The second kappa shape index (κ2) is 10.7. The van der Waals surface area contributed by atoms with Crippen LogP contribution in [0.15, 0.2) is 86.9 Å². The first kappa shape index (κ1) is 26.0. The Bertz CT molecular complexity index is 1980. The van der Waals surface area contributed by atoms with E-state index in [1.165, 1.54) is 0 Å². The fourth-order valence-corrected chi connectivity index (χ4v) is 5.15. The van der Waals surface area contributed by atoms with Gasteiger partial charge in [-0.2, -0.15) is 10.1 Å². The summed E-state index contributed by atoms with van der Waals surface area (Å²) in [6.45, 7) is 3.91. The van der Waals surface area contributed by atoms with Crippen LogP contribution in [0.25, 0.3) is 34.0 Å². The zero-order valence-electron chi connectivity index (χ0n) is 22.9. The Morgan fingerprint density at radius 2 is 1.76 bits per heavy atom. The first-order valence-corrected chi connectivity index (χ1v) is 13.4. The van der Waals surface area contributed by atoms with Gasteiger partial charge in [-0.1, -0.05) is 73.1 Å². The second-order valence-electron chi connectivity index (χ2n) is 9.75. The predicted molar refractivity (Wildman–Crippen MR) is 155 cm³/mol. The molecule has 0 radical (unpaired) electrons. The lowest BCUT2D eigenvalue weighted by molar-refractivity contribution is 0.388. The molecule has 0 saturated carbocycles. The summed E-state index contributed by atoms with van der Waals surface area (Å²) >= 11 is 0. The van der Waals surface area contributed by atoms with Crippen molar-refractivity contribution < 1.29 is 9.26 Å². The first-order chi connectivity index (χ1) is 20.0. The van der Waals surface area contributed by atoms with Crippen molar-refractivity contribution in [1.82, 2.24) is 29.3 Å². The summed E-state index contributed by atoms with van der Waals surface area (Å²) in [6, 6.07) is 23.1. The maximum Gasteiger partial charge on any atom is 0.439 e. The number of benzene rings is 3. The Morgan fingerprint density at radius 1 is 0.976 bits per heavy atom. The molecule has 10 nitrogen and oxygen atoms in total. The lowest BCUT2D eigenvalue weighted by Crippen LogP contribution is -2.28. The summed E-state index contributed by atoms with van der Waals surface area (Å²) in [4.78, 5) is 33.0. The van der Waals surface area contributed by atoms with Crippen molar-refractivity contribution >= 4 is 5.78 Å². The molecule has 3 aromatic heterocycles. The van der Waals surface area contributed by atoms with E-state index in [-0.39, 0.29) is 5.56 Å². The molecule has 6 rings (SSSR count). The fourth-order valence-electron chi connectivity index (χ4n) is 5.15. The van der Waals surface area contributed by atoms with Crippen LogP contribution < -0.4 is 16.1 Å². The number of methoxy groups -OCH3 is 1. The molecular weight excluding hydrogens is 520 g/mol. The van der Waals surface area contributed by atoms with Gasteiger partial charge >= 0.3 is 5.76 Å². The molecule has 0 amide bonds. The summed E-state index contributed by atoms with van der Waals surface area (Å²) in [5.41, 5.74) is 5.62. The van der Waals surface area contributed by atoms with Gasteiger partial charge in [-0.3, -0.25) is 14.3 Å². The van der Waals surface area contributed by atoms with Crippen molar-refractivity contribution in [3.8, 4) is 34.0 Å². The third-order valence-electron chi connectivity index (χ3n) is 7.03. The highest BCUT2D eigenvalue weighted by molar-refractivity contribution is 5.80. The minimum Gasteiger partial charge on any atom is -0.497 e. The van der Waals surface area contributed by atoms with Crippen LogP contribution in [0, 0.1) is 6.92 Å². The van der Waals surface area contributed by atoms with E-state index in [0.717, 1.165) is 34.4 Å². The maximum atomic E-state index is 14.2. The van der Waals surface area contributed by atoms with Gasteiger partial charge in [-0.25, -0.2) is 13.9 Å². The molecule has 0 aliphatic carbocycles. The number of ether oxygens (including phenoxy) is 1. The number of rotatable bonds is 8. The smallest absolute Gasteiger partial charge is 0.439 e. The largest absolute Gasteiger partial charge is 0.497 e. The Labute approximate surface area is 234 Å². The highest BCUT2D eigenvalue weighted by Gasteiger charge is 2.21. The van der Waals surface area contributed by atoms with Crippen molar-refractivity contribution in [3.63, 3.8) is 0 Å². The van der Waals surface area contributed by atoms with Crippen molar-refractivity contribution in [1.29, 1.82) is 0 Å². The summed E-state index contributed by atoms with van der Waals surface area (Å²) in [5.74, 6) is 1.48. The Balaban J connectivity index is 1.45. The second-order valence-corrected chi connectivity index (χ2v) is 9.75. The van der Waals surface area contributed by atoms with Gasteiger partial charge in [0.15, 0.2) is 5.82 Å². The van der Waals surface area contributed by atoms with Gasteiger partial charge in [0.25, 0.3) is 5.56 Å². The number of H-pyrrole nitrogens is 1. The van der Waals surface area contributed by atoms with E-state index in [9.17, 15) is 9.59 Å². The number of aryl methyl sites for hydroxylation is 2. The Hall–Kier alpha value is -5.25. The molecule has 0 fully saturated rings. The van der Waals surface area contributed by atoms with Crippen LogP contribution in [0.5, 0.6) is 5.75 Å². The normalized spacial score (nSPS) is 11.3. The van der Waals surface area contributed by atoms with E-state index in [2.05, 4.69) is 27.1 Å². The minimum atomic E-state index is -0.604. The van der Waals surface area contributed by atoms with Gasteiger partial charge in [0.2, 0.25) is 5.78 Å². The average molecular weight is 549 g/mol. The summed E-state index contributed by atoms with van der Waals surface area (Å²) < 4.78 is 13.6. The molecule has 3 heterocycles. The van der Waals surface area contributed by atoms with Gasteiger partial charge in [0.1, 0.15) is 11.6 Å². The molecule has 0 saturated heterocycles. The van der Waals surface area contributed by atoms with Crippen LogP contribution >= 0.6 is 0 Å². The topological polar surface area (TPSA) is 120 Å². The van der Waals surface area contributed by atoms with E-state index in [0.29, 0.717) is 47.3 Å². The molecular formula is C31H28N6O4. The molecule has 1 N–H and O–H groups in total. The molecule has 0 aliphatic heterocycles. The van der Waals surface area contributed by atoms with Gasteiger partial charge in [-0.05, 0) is 42.2 Å². The van der Waals surface area contributed by atoms with E-state index in [1.54, 1.807) is 16.2 Å². The standard InChI is InChI=1S/C31H28N6O4/c1-4-8-27-26(29(38)36(30-32-19(2)34-37(27)30)22-9-7-10-23(18-22)40-3)17-20-13-15-21(16-14-20)24-11-5-6-12-25(24)28-33-31(39)41-35-28/h5-7,9-16,18H,4,8,17H2,1-3H3,(H,33,35,39). The molecule has 0 atom stereocenters. The maximum absolute atomic E-state index is 14.2. The van der Waals surface area contributed by atoms with Crippen molar-refractivity contribution in [2.24, 2.45) is 0 Å². The summed E-state index contributed by atoms with van der Waals surface area (Å²) in [5, 5.41) is 8.53. The molecule has 41 heavy (non-hydrogen) atoms. The van der Waals surface area contributed by atoms with Crippen LogP contribution in [0.3, 0.4) is 0 Å². The first-order valence-electron chi connectivity index (χ1n) is 13.4. The number of nitrogens with zero attached hydrogens (tertiary/aromatic N) is 5. The van der Waals surface area contributed by atoms with Crippen LogP contribution in [-0.4, -0.2) is 36.4 Å². The van der Waals surface area contributed by atoms with E-state index < -0.39 is 5.76 Å². The SMILES string of the molecule is CCCc1c(Cc2ccc(-c3ccccc3-c3noc(=O)[nH]3)cc2)c(=O)n(-c2cccc(OC)c2)c2nc(C)nn12. The third-order valence-corrected chi connectivity index (χ3v) is 7.03. The molecule has 3 aromatic carbocycles. The van der Waals surface area contributed by atoms with Gasteiger partial charge in [0, 0.05) is 23.6 Å². The Kier molecular flexibility index (Phi) is 6.80. The number of hydrogen-bond acceptors (Lipinski definition) is 7. The van der Waals surface area contributed by atoms with Crippen molar-refractivity contribution in [2.75, 3.05) is 7.11 Å². The zero-order chi connectivity index (χ0) is 28.5. The molecule has 10 heteroatoms. The number of aromatic amines is 1. The number of fused-ring (bicyclic) bond motifs is 1. The highest BCUT2D eigenvalue weighted by Crippen LogP contribution is 2.30. The molecule has 0 unspecified atom stereocenters. The van der Waals surface area contributed by atoms with Crippen molar-refractivity contribution in [2.45, 2.75) is 33.1 Å². The molecule has 0 aliphatic rings. The molecule has 206 valence electrons. The summed E-state index contributed by atoms with van der Waals surface area (Å²) in [7, 11) is 1.60. The number of nitrogens with one attached hydrogen (secondary N) is 1. The Morgan fingerprint density at radius 3 is 2.46 bits per heavy atom. The van der Waals surface area contributed by atoms with Crippen LogP contribution in [0.4, 0.5) is 0 Å². The van der Waals surface area contributed by atoms with Gasteiger partial charge < -0.3 is 4.74 Å². The zero-order valence-corrected chi connectivity index (χ0v) is 22.9. The predicted octanol–water partition coefficient (Wildman–Crippen LogP) is 4.75. The minimum absolute atomic E-state index is 0.133. The van der Waals surface area contributed by atoms with Gasteiger partial charge in [0.05, 0.1) is 18.5 Å². The van der Waals surface area contributed by atoms with E-state index >= 15 is 0 Å². The lowest BCUT2D eigenvalue weighted by Gasteiger charge is -2.16. The van der Waals surface area contributed by atoms with E-state index in [4.69, 9.17) is 9.26 Å². The lowest BCUT2D eigenvalue weighted by atomic mass is 9.96. The molecule has 0 bridgehead atoms. The number of hydrogen-bond donors (Lipinski definition) is 1. The molecule has 0 spiro atoms. The quantitative estimate of drug-likeness (QED) is 0.291. The summed E-state index contributed by atoms with van der Waals surface area (Å²) in [6.07, 6.45) is 1.96. The van der Waals surface area contributed by atoms with Crippen molar-refractivity contribution in [3.05, 3.63) is 116 Å².